The van der Waals surface area contributed by atoms with Crippen LogP contribution in [0.3, 0.4) is 0 Å². The van der Waals surface area contributed by atoms with Crippen LogP contribution in [0, 0.1) is 6.08 Å². The topological polar surface area (TPSA) is 0 Å². The Morgan fingerprint density at radius 1 is 0.775 bits per heavy atom. The molecule has 3 aliphatic carbocycles. The monoisotopic (exact) mass is 640 g/mol. The molecule has 0 heterocycles. The normalized spacial score (nSPS) is 16.4. The van der Waals surface area contributed by atoms with Gasteiger partial charge in [0.25, 0.3) is 0 Å². The number of hydrogen-bond donors (Lipinski definition) is 0. The molecule has 0 bridgehead atoms. The Morgan fingerprint density at radius 3 is 1.62 bits per heavy atom. The van der Waals surface area contributed by atoms with Crippen molar-refractivity contribution in [3.05, 3.63) is 125 Å². The first-order valence-corrected chi connectivity index (χ1v) is 14.9. The summed E-state index contributed by atoms with van der Waals surface area (Å²) in [6.07, 6.45) is 14.8. The molecule has 0 N–H and O–H groups in total. The minimum atomic E-state index is 0. The molecule has 0 aromatic heterocycles. The number of hydrogen-bond acceptors (Lipinski definition) is 0. The van der Waals surface area contributed by atoms with Crippen LogP contribution in [0.5, 0.6) is 0 Å². The van der Waals surface area contributed by atoms with E-state index in [2.05, 4.69) is 124 Å². The Balaban J connectivity index is 0.000000244. The van der Waals surface area contributed by atoms with Crippen molar-refractivity contribution in [3.63, 3.8) is 0 Å². The zero-order chi connectivity index (χ0) is 27.1. The summed E-state index contributed by atoms with van der Waals surface area (Å²) in [5, 5.41) is 5.57. The van der Waals surface area contributed by atoms with Gasteiger partial charge in [-0.1, -0.05) is 63.1 Å². The van der Waals surface area contributed by atoms with Crippen LogP contribution in [0.4, 0.5) is 0 Å². The van der Waals surface area contributed by atoms with E-state index in [0.717, 1.165) is 6.42 Å². The molecule has 4 aromatic rings. The molecule has 0 unspecified atom stereocenters. The molecule has 0 spiro atoms. The quantitative estimate of drug-likeness (QED) is 0.278. The second-order valence-electron chi connectivity index (χ2n) is 11.8. The molecule has 0 amide bonds. The Bertz CT molecular complexity index is 1560. The summed E-state index contributed by atoms with van der Waals surface area (Å²) in [6, 6.07) is 22.4. The molecule has 4 aromatic carbocycles. The van der Waals surface area contributed by atoms with E-state index in [4.69, 9.17) is 0 Å². The number of fused-ring (bicyclic) bond motifs is 5. The molecule has 0 saturated carbocycles. The van der Waals surface area contributed by atoms with Gasteiger partial charge in [-0.25, -0.2) is 12.2 Å². The maximum atomic E-state index is 2.99. The minimum absolute atomic E-state index is 0. The summed E-state index contributed by atoms with van der Waals surface area (Å²) in [5.74, 6) is 0. The second kappa shape index (κ2) is 12.8. The van der Waals surface area contributed by atoms with Crippen molar-refractivity contribution < 1.29 is 49.0 Å². The molecule has 0 aliphatic heterocycles. The summed E-state index contributed by atoms with van der Waals surface area (Å²) < 4.78 is 2.17. The van der Waals surface area contributed by atoms with Crippen molar-refractivity contribution in [2.24, 2.45) is 0 Å². The van der Waals surface area contributed by atoms with E-state index in [0.29, 0.717) is 0 Å². The van der Waals surface area contributed by atoms with Crippen molar-refractivity contribution in [3.8, 4) is 0 Å². The molecule has 0 fully saturated rings. The van der Waals surface area contributed by atoms with E-state index in [-0.39, 0.29) is 35.6 Å². The van der Waals surface area contributed by atoms with Crippen LogP contribution in [0.1, 0.15) is 75.8 Å². The molecule has 0 saturated heterocycles. The van der Waals surface area contributed by atoms with Gasteiger partial charge < -0.3 is 24.8 Å². The summed E-state index contributed by atoms with van der Waals surface area (Å²) in [4.78, 5) is 0. The van der Waals surface area contributed by atoms with Crippen LogP contribution < -0.4 is 24.8 Å². The van der Waals surface area contributed by atoms with E-state index in [1.807, 2.05) is 18.2 Å². The van der Waals surface area contributed by atoms with Crippen molar-refractivity contribution in [1.82, 2.24) is 0 Å². The third-order valence-electron chi connectivity index (χ3n) is 7.93. The maximum absolute atomic E-state index is 2.99. The van der Waals surface area contributed by atoms with Gasteiger partial charge in [-0.2, -0.15) is 6.08 Å². The average Bonchev–Trinajstić information content (AvgIpc) is 3.66. The predicted molar refractivity (Wildman–Crippen MR) is 164 cm³/mol. The fourth-order valence-electron chi connectivity index (χ4n) is 6.11. The summed E-state index contributed by atoms with van der Waals surface area (Å²) in [7, 11) is 0. The van der Waals surface area contributed by atoms with Crippen molar-refractivity contribution in [2.75, 3.05) is 0 Å². The molecular weight excluding hydrogens is 607 g/mol. The first kappa shape index (κ1) is 32.3. The van der Waals surface area contributed by atoms with Crippen LogP contribution in [-0.4, -0.2) is 3.71 Å². The van der Waals surface area contributed by atoms with Gasteiger partial charge in [0.1, 0.15) is 0 Å². The standard InChI is InChI=1S/C25H25.C7H6.C5H5.2ClH.Zr/c1-14-12-24(3,4)22-8-16-7-17-9-23-19(15(2)13-25(23,5)6)11-21(17)20(16)10-18(14)22;1-7-5-3-2-4-6-7;1-2-4-5-3-1;;;/h7-13H,1-6H3;1-6H;1-3H,4H2;2*1H;/q-1;;-1;;;+2/p-2. The van der Waals surface area contributed by atoms with Gasteiger partial charge in [0.2, 0.25) is 0 Å². The van der Waals surface area contributed by atoms with Gasteiger partial charge in [0.15, 0.2) is 0 Å². The summed E-state index contributed by atoms with van der Waals surface area (Å²) in [6.45, 7) is 13.8. The van der Waals surface area contributed by atoms with Crippen molar-refractivity contribution in [2.45, 2.75) is 58.8 Å². The first-order valence-electron chi connectivity index (χ1n) is 13.5. The average molecular weight is 643 g/mol. The SMILES string of the molecule is CC1=CC(C)(C)c2cc3[cH-]c4cc5c(cc4c3cc21)C(C)=CC5(C)C.[C-]1=CC=CC1.[Cl-].[Cl-].[Zr+2]=[CH]c1ccccc1. The van der Waals surface area contributed by atoms with Gasteiger partial charge in [-0.3, -0.25) is 6.08 Å². The van der Waals surface area contributed by atoms with Crippen LogP contribution in [0.15, 0.2) is 91.0 Å². The Hall–Kier alpha value is -2.18. The van der Waals surface area contributed by atoms with Gasteiger partial charge in [0, 0.05) is 10.8 Å². The van der Waals surface area contributed by atoms with Crippen LogP contribution in [-0.2, 0) is 35.1 Å². The first-order chi connectivity index (χ1) is 18.1. The van der Waals surface area contributed by atoms with E-state index in [9.17, 15) is 0 Å². The van der Waals surface area contributed by atoms with Gasteiger partial charge >= 0.3 is 63.8 Å². The van der Waals surface area contributed by atoms with Crippen LogP contribution in [0.25, 0.3) is 32.7 Å². The predicted octanol–water partition coefficient (Wildman–Crippen LogP) is 3.80. The van der Waals surface area contributed by atoms with Crippen molar-refractivity contribution in [1.29, 1.82) is 0 Å². The van der Waals surface area contributed by atoms with Gasteiger partial charge in [0.05, 0.1) is 0 Å². The van der Waals surface area contributed by atoms with Gasteiger partial charge in [-0.15, -0.1) is 46.2 Å². The fraction of sp³-hybridized carbons (Fsp3) is 0.243. The molecule has 204 valence electrons. The van der Waals surface area contributed by atoms with Gasteiger partial charge in [-0.05, 0) is 36.1 Å². The zero-order valence-electron chi connectivity index (χ0n) is 24.2. The second-order valence-corrected chi connectivity index (χ2v) is 12.5. The van der Waals surface area contributed by atoms with E-state index in [1.165, 1.54) is 84.7 Å². The molecule has 40 heavy (non-hydrogen) atoms. The molecule has 7 rings (SSSR count). The zero-order valence-corrected chi connectivity index (χ0v) is 28.2. The molecule has 3 heteroatoms. The van der Waals surface area contributed by atoms with Crippen LogP contribution in [0.2, 0.25) is 0 Å². The van der Waals surface area contributed by atoms with E-state index in [1.54, 1.807) is 0 Å². The fourth-order valence-corrected chi connectivity index (χ4v) is 6.58. The summed E-state index contributed by atoms with van der Waals surface area (Å²) in [5.41, 5.74) is 10.2. The number of allylic oxidation sites excluding steroid dienone is 8. The Labute approximate surface area is 267 Å². The number of benzene rings is 3. The van der Waals surface area contributed by atoms with E-state index < -0.39 is 0 Å². The molecule has 0 radical (unpaired) electrons. The van der Waals surface area contributed by atoms with Crippen LogP contribution >= 0.6 is 0 Å². The number of rotatable bonds is 1. The van der Waals surface area contributed by atoms with E-state index >= 15 is 0 Å². The summed E-state index contributed by atoms with van der Waals surface area (Å²) >= 11 is 1.46. The number of halogens is 2. The molecule has 3 aliphatic rings. The Kier molecular flexibility index (Phi) is 10.3. The molecular formula is C37H36Cl2Zr-2. The molecule has 0 atom stereocenters. The third kappa shape index (κ3) is 6.33. The Morgan fingerprint density at radius 2 is 1.27 bits per heavy atom. The van der Waals surface area contributed by atoms with Crippen molar-refractivity contribution >= 4 is 36.4 Å². The third-order valence-corrected chi connectivity index (χ3v) is 8.74. The molecule has 0 nitrogen and oxygen atoms in total.